The second kappa shape index (κ2) is 15.3. The topological polar surface area (TPSA) is 75.2 Å². The van der Waals surface area contributed by atoms with E-state index in [0.717, 1.165) is 11.4 Å². The van der Waals surface area contributed by atoms with Crippen LogP contribution in [0.4, 0.5) is 5.69 Å². The molecule has 1 rings (SSSR count). The van der Waals surface area contributed by atoms with E-state index < -0.39 is 0 Å². The number of carbonyl (C=O) groups excluding carboxylic acids is 1. The molecule has 142 valence electrons. The maximum Gasteiger partial charge on any atom is 0.217 e. The highest BCUT2D eigenvalue weighted by atomic mass is 127. The van der Waals surface area contributed by atoms with Crippen molar-refractivity contribution in [3.8, 4) is 5.75 Å². The molecule has 0 aliphatic carbocycles. The summed E-state index contributed by atoms with van der Waals surface area (Å²) in [6.45, 7) is 4.04. The van der Waals surface area contributed by atoms with Gasteiger partial charge >= 0.3 is 0 Å². The van der Waals surface area contributed by atoms with E-state index in [2.05, 4.69) is 5.32 Å². The highest BCUT2D eigenvalue weighted by Crippen LogP contribution is 2.14. The molecule has 0 spiro atoms. The Kier molecular flexibility index (Phi) is 13.5. The van der Waals surface area contributed by atoms with Crippen molar-refractivity contribution in [1.82, 2.24) is 0 Å². The van der Waals surface area contributed by atoms with E-state index in [1.807, 2.05) is 31.3 Å². The summed E-state index contributed by atoms with van der Waals surface area (Å²) in [6, 6.07) is 7.75. The lowest BCUT2D eigenvalue weighted by molar-refractivity contribution is -0.114. The molecule has 0 saturated heterocycles. The minimum absolute atomic E-state index is 0.0157. The Morgan fingerprint density at radius 1 is 0.840 bits per heavy atom. The number of anilines is 1. The smallest absolute Gasteiger partial charge is 0.217 e. The van der Waals surface area contributed by atoms with Crippen LogP contribution in [0.15, 0.2) is 24.3 Å². The molecule has 8 heteroatoms. The van der Waals surface area contributed by atoms with Gasteiger partial charge in [0.15, 0.2) is 0 Å². The lowest BCUT2D eigenvalue weighted by atomic mass is 10.3. The number of nitrogens with one attached hydrogen (secondary N) is 1. The molecule has 0 radical (unpaired) electrons. The van der Waals surface area contributed by atoms with Crippen molar-refractivity contribution in [1.29, 1.82) is 0 Å². The Labute approximate surface area is 162 Å². The van der Waals surface area contributed by atoms with Gasteiger partial charge in [-0.2, -0.15) is 0 Å². The largest absolute Gasteiger partial charge is 0.491 e. The van der Waals surface area contributed by atoms with Crippen molar-refractivity contribution in [2.24, 2.45) is 0 Å². The summed E-state index contributed by atoms with van der Waals surface area (Å²) in [5.41, 5.74) is 1.05. The van der Waals surface area contributed by atoms with E-state index in [0.29, 0.717) is 52.9 Å². The average molecular weight is 467 g/mol. The molecular formula is C17H26INO6. The maximum absolute atomic E-state index is 10.6. The zero-order valence-corrected chi connectivity index (χ0v) is 16.7. The lowest BCUT2D eigenvalue weighted by Crippen LogP contribution is -2.14. The first kappa shape index (κ1) is 22.1. The van der Waals surface area contributed by atoms with Crippen molar-refractivity contribution in [2.75, 3.05) is 71.8 Å². The molecule has 25 heavy (non-hydrogen) atoms. The summed E-state index contributed by atoms with van der Waals surface area (Å²) in [5, 5.41) is 3.05. The van der Waals surface area contributed by atoms with Gasteiger partial charge < -0.3 is 29.0 Å². The SMILES string of the molecule is CNc1ccc(OCCOCCOCCOCCOCC(=O)I)cc1. The van der Waals surface area contributed by atoms with E-state index in [1.54, 1.807) is 22.6 Å². The van der Waals surface area contributed by atoms with Crippen LogP contribution in [0.1, 0.15) is 0 Å². The van der Waals surface area contributed by atoms with Crippen LogP contribution < -0.4 is 10.1 Å². The monoisotopic (exact) mass is 467 g/mol. The molecule has 0 fully saturated rings. The third-order valence-corrected chi connectivity index (χ3v) is 3.28. The Morgan fingerprint density at radius 3 is 1.80 bits per heavy atom. The van der Waals surface area contributed by atoms with Gasteiger partial charge in [-0.15, -0.1) is 0 Å². The average Bonchev–Trinajstić information content (AvgIpc) is 2.62. The normalized spacial score (nSPS) is 10.6. The van der Waals surface area contributed by atoms with Gasteiger partial charge in [-0.25, -0.2) is 0 Å². The van der Waals surface area contributed by atoms with Crippen LogP contribution in [-0.2, 0) is 23.7 Å². The first-order valence-corrected chi connectivity index (χ1v) is 9.20. The minimum atomic E-state index is -0.0157. The van der Waals surface area contributed by atoms with Gasteiger partial charge in [-0.1, -0.05) is 0 Å². The van der Waals surface area contributed by atoms with Crippen LogP contribution in [0, 0.1) is 0 Å². The second-order valence-electron chi connectivity index (χ2n) is 4.87. The first-order chi connectivity index (χ1) is 12.2. The summed E-state index contributed by atoms with van der Waals surface area (Å²) < 4.78 is 26.7. The van der Waals surface area contributed by atoms with Crippen molar-refractivity contribution in [3.63, 3.8) is 0 Å². The zero-order valence-electron chi connectivity index (χ0n) is 14.5. The summed E-state index contributed by atoms with van der Waals surface area (Å²) in [5.74, 6) is 0.822. The lowest BCUT2D eigenvalue weighted by Gasteiger charge is -2.09. The summed E-state index contributed by atoms with van der Waals surface area (Å²) in [6.07, 6.45) is 0. The number of rotatable bonds is 16. The van der Waals surface area contributed by atoms with Crippen LogP contribution in [-0.4, -0.2) is 70.3 Å². The number of ether oxygens (including phenoxy) is 5. The van der Waals surface area contributed by atoms with Gasteiger partial charge in [0.2, 0.25) is 3.79 Å². The van der Waals surface area contributed by atoms with Crippen LogP contribution in [0.5, 0.6) is 5.75 Å². The minimum Gasteiger partial charge on any atom is -0.491 e. The highest BCUT2D eigenvalue weighted by Gasteiger charge is 1.96. The molecule has 0 unspecified atom stereocenters. The molecule has 7 nitrogen and oxygen atoms in total. The van der Waals surface area contributed by atoms with Crippen molar-refractivity contribution >= 4 is 32.1 Å². The quantitative estimate of drug-likeness (QED) is 0.227. The van der Waals surface area contributed by atoms with E-state index in [-0.39, 0.29) is 10.4 Å². The molecular weight excluding hydrogens is 441 g/mol. The molecule has 0 bridgehead atoms. The molecule has 1 aromatic carbocycles. The Balaban J connectivity index is 1.80. The third kappa shape index (κ3) is 13.0. The van der Waals surface area contributed by atoms with Crippen LogP contribution in [0.25, 0.3) is 0 Å². The predicted molar refractivity (Wildman–Crippen MR) is 104 cm³/mol. The number of hydrogen-bond acceptors (Lipinski definition) is 7. The van der Waals surface area contributed by atoms with Gasteiger partial charge in [0.25, 0.3) is 0 Å². The van der Waals surface area contributed by atoms with Crippen LogP contribution in [0.3, 0.4) is 0 Å². The number of halogens is 1. The Hall–Kier alpha value is -0.940. The fraction of sp³-hybridized carbons (Fsp3) is 0.588. The van der Waals surface area contributed by atoms with E-state index in [1.165, 1.54) is 0 Å². The van der Waals surface area contributed by atoms with Crippen LogP contribution in [0.2, 0.25) is 0 Å². The first-order valence-electron chi connectivity index (χ1n) is 8.12. The summed E-state index contributed by atoms with van der Waals surface area (Å²) in [7, 11) is 1.88. The molecule has 0 atom stereocenters. The molecule has 0 amide bonds. The zero-order chi connectivity index (χ0) is 18.2. The number of hydrogen-bond donors (Lipinski definition) is 1. The summed E-state index contributed by atoms with van der Waals surface area (Å²) >= 11 is 1.70. The van der Waals surface area contributed by atoms with Gasteiger partial charge in [0.1, 0.15) is 19.0 Å². The number of benzene rings is 1. The molecule has 0 aliphatic rings. The van der Waals surface area contributed by atoms with Gasteiger partial charge in [-0.3, -0.25) is 4.79 Å². The van der Waals surface area contributed by atoms with Gasteiger partial charge in [0, 0.05) is 35.3 Å². The van der Waals surface area contributed by atoms with Crippen molar-refractivity contribution in [3.05, 3.63) is 24.3 Å². The molecule has 0 aliphatic heterocycles. The second-order valence-corrected chi connectivity index (χ2v) is 6.07. The van der Waals surface area contributed by atoms with Crippen LogP contribution >= 0.6 is 22.6 Å². The van der Waals surface area contributed by atoms with Crippen molar-refractivity contribution in [2.45, 2.75) is 0 Å². The molecule has 0 aromatic heterocycles. The Bertz CT molecular complexity index is 457. The van der Waals surface area contributed by atoms with Crippen molar-refractivity contribution < 1.29 is 28.5 Å². The molecule has 1 aromatic rings. The van der Waals surface area contributed by atoms with E-state index in [4.69, 9.17) is 23.7 Å². The highest BCUT2D eigenvalue weighted by molar-refractivity contribution is 14.1. The maximum atomic E-state index is 10.6. The fourth-order valence-corrected chi connectivity index (χ4v) is 1.97. The van der Waals surface area contributed by atoms with E-state index >= 15 is 0 Å². The molecule has 1 N–H and O–H groups in total. The molecule has 0 saturated carbocycles. The Morgan fingerprint density at radius 2 is 1.32 bits per heavy atom. The molecule has 0 heterocycles. The summed E-state index contributed by atoms with van der Waals surface area (Å²) in [4.78, 5) is 10.6. The fourth-order valence-electron chi connectivity index (χ4n) is 1.75. The predicted octanol–water partition coefficient (Wildman–Crippen LogP) is 2.14. The van der Waals surface area contributed by atoms with Gasteiger partial charge in [0.05, 0.1) is 46.2 Å². The third-order valence-electron chi connectivity index (χ3n) is 2.97. The van der Waals surface area contributed by atoms with E-state index in [9.17, 15) is 4.79 Å². The standard InChI is InChI=1S/C17H26INO6/c1-19-15-2-4-16(5-3-15)25-13-12-23-9-8-21-6-7-22-10-11-24-14-17(18)20/h2-5,19H,6-14H2,1H3. The van der Waals surface area contributed by atoms with Gasteiger partial charge in [-0.05, 0) is 24.3 Å². The number of carbonyl (C=O) groups is 1.